The van der Waals surface area contributed by atoms with Crippen molar-refractivity contribution < 1.29 is 9.21 Å². The van der Waals surface area contributed by atoms with Gasteiger partial charge in [-0.1, -0.05) is 24.3 Å². The second kappa shape index (κ2) is 3.66. The molecule has 1 aromatic heterocycles. The molecule has 72 valence electrons. The van der Waals surface area contributed by atoms with Gasteiger partial charge in [0.2, 0.25) is 0 Å². The Bertz CT molecular complexity index is 454. The van der Waals surface area contributed by atoms with E-state index in [-0.39, 0.29) is 5.78 Å². The Labute approximate surface area is 82.5 Å². The molecule has 14 heavy (non-hydrogen) atoms. The molecule has 1 heterocycles. The molecular formula is C12H12O2. The third-order valence-electron chi connectivity index (χ3n) is 2.29. The van der Waals surface area contributed by atoms with Crippen molar-refractivity contribution in [1.29, 1.82) is 0 Å². The van der Waals surface area contributed by atoms with Crippen molar-refractivity contribution in [3.63, 3.8) is 0 Å². The first-order chi connectivity index (χ1) is 6.77. The molecule has 2 rings (SSSR count). The average Bonchev–Trinajstić information content (AvgIpc) is 2.58. The zero-order valence-corrected chi connectivity index (χ0v) is 8.12. The number of hydrogen-bond acceptors (Lipinski definition) is 2. The molecule has 0 aliphatic heterocycles. The molecule has 0 fully saturated rings. The van der Waals surface area contributed by atoms with Crippen molar-refractivity contribution in [1.82, 2.24) is 0 Å². The van der Waals surface area contributed by atoms with Gasteiger partial charge in [-0.05, 0) is 6.92 Å². The minimum Gasteiger partial charge on any atom is -0.468 e. The summed E-state index contributed by atoms with van der Waals surface area (Å²) in [5, 5.41) is 2.22. The molecule has 0 unspecified atom stereocenters. The van der Waals surface area contributed by atoms with Crippen molar-refractivity contribution in [3.05, 3.63) is 36.3 Å². The maximum absolute atomic E-state index is 10.8. The van der Waals surface area contributed by atoms with Gasteiger partial charge in [-0.15, -0.1) is 0 Å². The lowest BCUT2D eigenvalue weighted by atomic mass is 10.1. The zero-order valence-electron chi connectivity index (χ0n) is 8.12. The minimum atomic E-state index is 0.200. The zero-order chi connectivity index (χ0) is 9.97. The molecule has 0 N–H and O–H groups in total. The van der Waals surface area contributed by atoms with E-state index in [4.69, 9.17) is 4.42 Å². The Morgan fingerprint density at radius 3 is 2.93 bits per heavy atom. The van der Waals surface area contributed by atoms with E-state index in [9.17, 15) is 4.79 Å². The number of benzene rings is 1. The van der Waals surface area contributed by atoms with E-state index in [2.05, 4.69) is 0 Å². The van der Waals surface area contributed by atoms with E-state index < -0.39 is 0 Å². The van der Waals surface area contributed by atoms with Gasteiger partial charge in [0.05, 0.1) is 6.26 Å². The fourth-order valence-electron chi connectivity index (χ4n) is 1.53. The largest absolute Gasteiger partial charge is 0.468 e. The molecule has 2 nitrogen and oxygen atoms in total. The Hall–Kier alpha value is -1.57. The molecule has 0 saturated heterocycles. The van der Waals surface area contributed by atoms with Crippen LogP contribution in [0.4, 0.5) is 0 Å². The van der Waals surface area contributed by atoms with E-state index in [1.807, 2.05) is 24.3 Å². The van der Waals surface area contributed by atoms with Crippen LogP contribution in [0.5, 0.6) is 0 Å². The van der Waals surface area contributed by atoms with E-state index in [0.717, 1.165) is 16.5 Å². The number of carbonyl (C=O) groups excluding carboxylic acids is 1. The van der Waals surface area contributed by atoms with Gasteiger partial charge in [0.15, 0.2) is 0 Å². The number of furan rings is 1. The molecule has 2 aromatic rings. The number of carbonyl (C=O) groups is 1. The van der Waals surface area contributed by atoms with E-state index >= 15 is 0 Å². The monoisotopic (exact) mass is 188 g/mol. The van der Waals surface area contributed by atoms with Crippen molar-refractivity contribution in [3.8, 4) is 0 Å². The normalized spacial score (nSPS) is 10.6. The molecule has 0 aliphatic carbocycles. The van der Waals surface area contributed by atoms with Crippen LogP contribution in [-0.2, 0) is 11.2 Å². The summed E-state index contributed by atoms with van der Waals surface area (Å²) in [6, 6.07) is 7.99. The van der Waals surface area contributed by atoms with Crippen LogP contribution in [0.1, 0.15) is 19.1 Å². The number of hydrogen-bond donors (Lipinski definition) is 0. The molecule has 1 aromatic carbocycles. The summed E-state index contributed by atoms with van der Waals surface area (Å²) in [5.74, 6) is 1.11. The number of ketones is 1. The highest BCUT2D eigenvalue weighted by Gasteiger charge is 2.05. The van der Waals surface area contributed by atoms with Gasteiger partial charge in [0.25, 0.3) is 0 Å². The summed E-state index contributed by atoms with van der Waals surface area (Å²) >= 11 is 0. The molecule has 0 bridgehead atoms. The van der Waals surface area contributed by atoms with Crippen molar-refractivity contribution in [2.24, 2.45) is 0 Å². The molecule has 2 heteroatoms. The fourth-order valence-corrected chi connectivity index (χ4v) is 1.53. The quantitative estimate of drug-likeness (QED) is 0.741. The van der Waals surface area contributed by atoms with Gasteiger partial charge < -0.3 is 9.21 Å². The summed E-state index contributed by atoms with van der Waals surface area (Å²) in [6.07, 6.45) is 2.99. The maximum atomic E-state index is 10.8. The van der Waals surface area contributed by atoms with Crippen LogP contribution >= 0.6 is 0 Å². The molecule has 0 atom stereocenters. The van der Waals surface area contributed by atoms with Gasteiger partial charge in [-0.2, -0.15) is 0 Å². The maximum Gasteiger partial charge on any atom is 0.130 e. The SMILES string of the molecule is CC(=O)CCc1occ2ccccc12. The van der Waals surface area contributed by atoms with Crippen LogP contribution in [0.2, 0.25) is 0 Å². The number of fused-ring (bicyclic) bond motifs is 1. The lowest BCUT2D eigenvalue weighted by Crippen LogP contribution is -1.92. The minimum absolute atomic E-state index is 0.200. The van der Waals surface area contributed by atoms with E-state index in [0.29, 0.717) is 12.8 Å². The molecular weight excluding hydrogens is 176 g/mol. The first-order valence-electron chi connectivity index (χ1n) is 4.72. The summed E-state index contributed by atoms with van der Waals surface area (Å²) in [7, 11) is 0. The molecule has 0 saturated carbocycles. The van der Waals surface area contributed by atoms with Crippen molar-refractivity contribution in [2.45, 2.75) is 19.8 Å². The predicted molar refractivity (Wildman–Crippen MR) is 55.2 cm³/mol. The first-order valence-corrected chi connectivity index (χ1v) is 4.72. The number of rotatable bonds is 3. The van der Waals surface area contributed by atoms with Gasteiger partial charge in [-0.3, -0.25) is 0 Å². The Morgan fingerprint density at radius 1 is 1.36 bits per heavy atom. The van der Waals surface area contributed by atoms with Crippen molar-refractivity contribution in [2.75, 3.05) is 0 Å². The third-order valence-corrected chi connectivity index (χ3v) is 2.29. The molecule has 0 amide bonds. The lowest BCUT2D eigenvalue weighted by molar-refractivity contribution is -0.117. The van der Waals surface area contributed by atoms with Crippen LogP contribution in [0.15, 0.2) is 34.9 Å². The Kier molecular flexibility index (Phi) is 2.35. The summed E-state index contributed by atoms with van der Waals surface area (Å²) in [6.45, 7) is 1.60. The topological polar surface area (TPSA) is 30.2 Å². The second-order valence-corrected chi connectivity index (χ2v) is 3.45. The highest BCUT2D eigenvalue weighted by Crippen LogP contribution is 2.21. The van der Waals surface area contributed by atoms with Crippen molar-refractivity contribution >= 4 is 16.6 Å². The summed E-state index contributed by atoms with van der Waals surface area (Å²) in [4.78, 5) is 10.8. The van der Waals surface area contributed by atoms with Gasteiger partial charge in [0, 0.05) is 23.6 Å². The fraction of sp³-hybridized carbons (Fsp3) is 0.250. The predicted octanol–water partition coefficient (Wildman–Crippen LogP) is 2.95. The lowest BCUT2D eigenvalue weighted by Gasteiger charge is -1.94. The van der Waals surface area contributed by atoms with Crippen LogP contribution < -0.4 is 0 Å². The Morgan fingerprint density at radius 2 is 2.14 bits per heavy atom. The van der Waals surface area contributed by atoms with Crippen LogP contribution in [0.3, 0.4) is 0 Å². The summed E-state index contributed by atoms with van der Waals surface area (Å²) < 4.78 is 5.41. The smallest absolute Gasteiger partial charge is 0.130 e. The highest BCUT2D eigenvalue weighted by molar-refractivity contribution is 5.84. The van der Waals surface area contributed by atoms with Gasteiger partial charge >= 0.3 is 0 Å². The number of aryl methyl sites for hydroxylation is 1. The second-order valence-electron chi connectivity index (χ2n) is 3.45. The molecule has 0 radical (unpaired) electrons. The van der Waals surface area contributed by atoms with Gasteiger partial charge in [-0.25, -0.2) is 0 Å². The van der Waals surface area contributed by atoms with Crippen LogP contribution in [0, 0.1) is 0 Å². The standard InChI is InChI=1S/C12H12O2/c1-9(13)6-7-12-11-5-3-2-4-10(11)8-14-12/h2-5,8H,6-7H2,1H3. The van der Waals surface area contributed by atoms with Gasteiger partial charge in [0.1, 0.15) is 11.5 Å². The highest BCUT2D eigenvalue weighted by atomic mass is 16.3. The van der Waals surface area contributed by atoms with Crippen LogP contribution in [-0.4, -0.2) is 5.78 Å². The summed E-state index contributed by atoms with van der Waals surface area (Å²) in [5.41, 5.74) is 0. The third kappa shape index (κ3) is 1.69. The molecule has 0 aliphatic rings. The van der Waals surface area contributed by atoms with Crippen LogP contribution in [0.25, 0.3) is 10.8 Å². The average molecular weight is 188 g/mol. The first kappa shape index (κ1) is 9.00. The molecule has 0 spiro atoms. The van der Waals surface area contributed by atoms with E-state index in [1.54, 1.807) is 13.2 Å². The Balaban J connectivity index is 2.29. The number of Topliss-reactive ketones (excluding diaryl/α,β-unsaturated/α-hetero) is 1. The van der Waals surface area contributed by atoms with E-state index in [1.165, 1.54) is 0 Å².